The van der Waals surface area contributed by atoms with E-state index in [4.69, 9.17) is 5.11 Å². The first-order valence-corrected chi connectivity index (χ1v) is 5.19. The predicted molar refractivity (Wildman–Crippen MR) is 61.2 cm³/mol. The van der Waals surface area contributed by atoms with Crippen LogP contribution in [0.4, 0.5) is 5.69 Å². The van der Waals surface area contributed by atoms with E-state index in [0.29, 0.717) is 6.04 Å². The average Bonchev–Trinajstić information content (AvgIpc) is 2.20. The first kappa shape index (κ1) is 11.6. The molecule has 2 N–H and O–H groups in total. The molecule has 0 saturated heterocycles. The Morgan fingerprint density at radius 3 is 2.47 bits per heavy atom. The number of rotatable bonds is 5. The Morgan fingerprint density at radius 2 is 2.00 bits per heavy atom. The first-order chi connectivity index (χ1) is 7.11. The quantitative estimate of drug-likeness (QED) is 0.780. The third kappa shape index (κ3) is 4.02. The summed E-state index contributed by atoms with van der Waals surface area (Å²) in [5.74, 6) is -0.794. The van der Waals surface area contributed by atoms with Gasteiger partial charge in [-0.25, -0.2) is 0 Å². The minimum absolute atomic E-state index is 0.0869. The van der Waals surface area contributed by atoms with Gasteiger partial charge in [0.1, 0.15) is 0 Å². The Labute approximate surface area is 90.1 Å². The summed E-state index contributed by atoms with van der Waals surface area (Å²) in [5, 5.41) is 11.9. The molecule has 0 saturated carbocycles. The first-order valence-electron chi connectivity index (χ1n) is 5.19. The van der Waals surface area contributed by atoms with Crippen LogP contribution < -0.4 is 5.32 Å². The molecule has 1 aromatic carbocycles. The molecule has 0 radical (unpaired) electrons. The highest BCUT2D eigenvalue weighted by molar-refractivity contribution is 5.70. The van der Waals surface area contributed by atoms with Crippen molar-refractivity contribution >= 4 is 11.7 Å². The van der Waals surface area contributed by atoms with Crippen molar-refractivity contribution in [2.75, 3.05) is 5.32 Å². The molecular weight excluding hydrogens is 190 g/mol. The second-order valence-electron chi connectivity index (χ2n) is 3.72. The zero-order valence-electron chi connectivity index (χ0n) is 9.16. The van der Waals surface area contributed by atoms with Crippen LogP contribution in [-0.4, -0.2) is 17.1 Å². The van der Waals surface area contributed by atoms with Gasteiger partial charge in [0.2, 0.25) is 0 Å². The lowest BCUT2D eigenvalue weighted by Crippen LogP contribution is -2.13. The summed E-state index contributed by atoms with van der Waals surface area (Å²) in [4.78, 5) is 10.5. The SMILES string of the molecule is CCC(C)Nc1ccc(CC(=O)O)cc1. The van der Waals surface area contributed by atoms with E-state index in [1.165, 1.54) is 0 Å². The molecule has 82 valence electrons. The maximum absolute atomic E-state index is 10.5. The average molecular weight is 207 g/mol. The Morgan fingerprint density at radius 1 is 1.40 bits per heavy atom. The van der Waals surface area contributed by atoms with Crippen molar-refractivity contribution in [3.8, 4) is 0 Å². The summed E-state index contributed by atoms with van der Waals surface area (Å²) in [6.07, 6.45) is 1.15. The van der Waals surface area contributed by atoms with Gasteiger partial charge < -0.3 is 10.4 Å². The van der Waals surface area contributed by atoms with Crippen molar-refractivity contribution in [2.45, 2.75) is 32.7 Å². The van der Waals surface area contributed by atoms with Crippen molar-refractivity contribution in [3.63, 3.8) is 0 Å². The van der Waals surface area contributed by atoms with Crippen LogP contribution in [0.25, 0.3) is 0 Å². The van der Waals surface area contributed by atoms with Gasteiger partial charge in [0.25, 0.3) is 0 Å². The van der Waals surface area contributed by atoms with Gasteiger partial charge in [-0.1, -0.05) is 19.1 Å². The molecule has 1 unspecified atom stereocenters. The van der Waals surface area contributed by atoms with Crippen molar-refractivity contribution in [1.29, 1.82) is 0 Å². The monoisotopic (exact) mass is 207 g/mol. The highest BCUT2D eigenvalue weighted by Crippen LogP contribution is 2.12. The fourth-order valence-corrected chi connectivity index (χ4v) is 1.28. The summed E-state index contributed by atoms with van der Waals surface area (Å²) >= 11 is 0. The number of carbonyl (C=O) groups is 1. The van der Waals surface area contributed by atoms with E-state index in [2.05, 4.69) is 19.2 Å². The lowest BCUT2D eigenvalue weighted by molar-refractivity contribution is -0.136. The maximum atomic E-state index is 10.5. The van der Waals surface area contributed by atoms with Crippen molar-refractivity contribution in [2.24, 2.45) is 0 Å². The molecule has 0 heterocycles. The van der Waals surface area contributed by atoms with Crippen molar-refractivity contribution in [3.05, 3.63) is 29.8 Å². The van der Waals surface area contributed by atoms with Gasteiger partial charge in [-0.15, -0.1) is 0 Å². The molecule has 0 amide bonds. The number of hydrogen-bond donors (Lipinski definition) is 2. The van der Waals surface area contributed by atoms with E-state index >= 15 is 0 Å². The molecule has 15 heavy (non-hydrogen) atoms. The molecule has 3 nitrogen and oxygen atoms in total. The largest absolute Gasteiger partial charge is 0.481 e. The molecule has 0 bridgehead atoms. The Hall–Kier alpha value is -1.51. The molecular formula is C12H17NO2. The molecule has 0 aliphatic rings. The minimum atomic E-state index is -0.794. The Bertz CT molecular complexity index is 319. The zero-order valence-corrected chi connectivity index (χ0v) is 9.16. The summed E-state index contributed by atoms with van der Waals surface area (Å²) in [6, 6.07) is 7.97. The number of anilines is 1. The lowest BCUT2D eigenvalue weighted by Gasteiger charge is -2.12. The number of benzene rings is 1. The van der Waals surface area contributed by atoms with Gasteiger partial charge in [-0.3, -0.25) is 4.79 Å². The van der Waals surface area contributed by atoms with Crippen LogP contribution in [0.15, 0.2) is 24.3 Å². The van der Waals surface area contributed by atoms with E-state index in [1.54, 1.807) is 0 Å². The third-order valence-electron chi connectivity index (χ3n) is 2.33. The topological polar surface area (TPSA) is 49.3 Å². The van der Waals surface area contributed by atoms with Crippen LogP contribution >= 0.6 is 0 Å². The van der Waals surface area contributed by atoms with Crippen molar-refractivity contribution < 1.29 is 9.90 Å². The van der Waals surface area contributed by atoms with Crippen LogP contribution in [0.3, 0.4) is 0 Å². The van der Waals surface area contributed by atoms with Gasteiger partial charge in [-0.2, -0.15) is 0 Å². The maximum Gasteiger partial charge on any atom is 0.307 e. The molecule has 0 fully saturated rings. The smallest absolute Gasteiger partial charge is 0.307 e. The zero-order chi connectivity index (χ0) is 11.3. The third-order valence-corrected chi connectivity index (χ3v) is 2.33. The molecule has 1 rings (SSSR count). The Kier molecular flexibility index (Phi) is 4.16. The molecule has 1 aromatic rings. The van der Waals surface area contributed by atoms with Crippen LogP contribution in [0, 0.1) is 0 Å². The van der Waals surface area contributed by atoms with Gasteiger partial charge in [0, 0.05) is 11.7 Å². The fourth-order valence-electron chi connectivity index (χ4n) is 1.28. The minimum Gasteiger partial charge on any atom is -0.481 e. The summed E-state index contributed by atoms with van der Waals surface area (Å²) in [5.41, 5.74) is 1.87. The molecule has 1 atom stereocenters. The molecule has 3 heteroatoms. The highest BCUT2D eigenvalue weighted by atomic mass is 16.4. The number of carboxylic acids is 1. The summed E-state index contributed by atoms with van der Waals surface area (Å²) < 4.78 is 0. The van der Waals surface area contributed by atoms with Crippen LogP contribution in [0.1, 0.15) is 25.8 Å². The van der Waals surface area contributed by atoms with Crippen LogP contribution in [0.2, 0.25) is 0 Å². The second-order valence-corrected chi connectivity index (χ2v) is 3.72. The second kappa shape index (κ2) is 5.39. The van der Waals surface area contributed by atoms with Gasteiger partial charge in [0.15, 0.2) is 0 Å². The van der Waals surface area contributed by atoms with E-state index in [-0.39, 0.29) is 6.42 Å². The summed E-state index contributed by atoms with van der Waals surface area (Å²) in [6.45, 7) is 4.24. The standard InChI is InChI=1S/C12H17NO2/c1-3-9(2)13-11-6-4-10(5-7-11)8-12(14)15/h4-7,9,13H,3,8H2,1-2H3,(H,14,15). The van der Waals surface area contributed by atoms with E-state index in [0.717, 1.165) is 17.7 Å². The van der Waals surface area contributed by atoms with Gasteiger partial charge in [0.05, 0.1) is 6.42 Å². The van der Waals surface area contributed by atoms with Crippen molar-refractivity contribution in [1.82, 2.24) is 0 Å². The van der Waals surface area contributed by atoms with E-state index in [1.807, 2.05) is 24.3 Å². The number of hydrogen-bond acceptors (Lipinski definition) is 2. The normalized spacial score (nSPS) is 12.1. The fraction of sp³-hybridized carbons (Fsp3) is 0.417. The predicted octanol–water partition coefficient (Wildman–Crippen LogP) is 2.52. The van der Waals surface area contributed by atoms with Crippen LogP contribution in [-0.2, 0) is 11.2 Å². The highest BCUT2D eigenvalue weighted by Gasteiger charge is 2.01. The van der Waals surface area contributed by atoms with Crippen LogP contribution in [0.5, 0.6) is 0 Å². The Balaban J connectivity index is 2.60. The van der Waals surface area contributed by atoms with Gasteiger partial charge in [-0.05, 0) is 31.0 Å². The molecule has 0 spiro atoms. The summed E-state index contributed by atoms with van der Waals surface area (Å²) in [7, 11) is 0. The molecule has 0 aliphatic carbocycles. The van der Waals surface area contributed by atoms with E-state index in [9.17, 15) is 4.79 Å². The van der Waals surface area contributed by atoms with Gasteiger partial charge >= 0.3 is 5.97 Å². The number of nitrogens with one attached hydrogen (secondary N) is 1. The number of aliphatic carboxylic acids is 1. The molecule has 0 aliphatic heterocycles. The van der Waals surface area contributed by atoms with E-state index < -0.39 is 5.97 Å². The lowest BCUT2D eigenvalue weighted by atomic mass is 10.1. The molecule has 0 aromatic heterocycles. The number of carboxylic acid groups (broad SMARTS) is 1.